The van der Waals surface area contributed by atoms with E-state index in [4.69, 9.17) is 11.6 Å². The zero-order chi connectivity index (χ0) is 17.0. The number of amides is 1. The van der Waals surface area contributed by atoms with Crippen LogP contribution in [0.4, 0.5) is 11.4 Å². The maximum absolute atomic E-state index is 11.9. The molecule has 2 aromatic carbocycles. The molecule has 23 heavy (non-hydrogen) atoms. The van der Waals surface area contributed by atoms with Gasteiger partial charge in [-0.2, -0.15) is 0 Å². The van der Waals surface area contributed by atoms with Gasteiger partial charge in [0.25, 0.3) is 5.69 Å². The summed E-state index contributed by atoms with van der Waals surface area (Å²) in [5.74, 6) is -0.341. The van der Waals surface area contributed by atoms with Gasteiger partial charge in [-0.05, 0) is 58.3 Å². The van der Waals surface area contributed by atoms with Gasteiger partial charge in [0.1, 0.15) is 5.02 Å². The van der Waals surface area contributed by atoms with Crippen molar-refractivity contribution >= 4 is 50.9 Å². The zero-order valence-electron chi connectivity index (χ0n) is 12.0. The van der Waals surface area contributed by atoms with E-state index in [2.05, 4.69) is 21.2 Å². The smallest absolute Gasteiger partial charge is 0.288 e. The maximum Gasteiger partial charge on any atom is 0.288 e. The Morgan fingerprint density at radius 2 is 2.04 bits per heavy atom. The summed E-state index contributed by atoms with van der Waals surface area (Å²) < 4.78 is 0.779. The summed E-state index contributed by atoms with van der Waals surface area (Å²) in [5, 5.41) is 13.6. The molecule has 0 aliphatic carbocycles. The van der Waals surface area contributed by atoms with Gasteiger partial charge in [-0.15, -0.1) is 0 Å². The van der Waals surface area contributed by atoms with Gasteiger partial charge in [0.2, 0.25) is 5.91 Å². The van der Waals surface area contributed by atoms with Crippen molar-refractivity contribution in [2.75, 3.05) is 5.32 Å². The first-order valence-electron chi connectivity index (χ1n) is 6.56. The molecular formula is C16H12BrClN2O3. The van der Waals surface area contributed by atoms with E-state index >= 15 is 0 Å². The molecular weight excluding hydrogens is 384 g/mol. The van der Waals surface area contributed by atoms with E-state index in [0.29, 0.717) is 11.3 Å². The highest BCUT2D eigenvalue weighted by Gasteiger charge is 2.11. The molecule has 118 valence electrons. The van der Waals surface area contributed by atoms with Gasteiger partial charge in [0.05, 0.1) is 10.6 Å². The van der Waals surface area contributed by atoms with E-state index in [1.807, 2.05) is 19.1 Å². The fourth-order valence-corrected chi connectivity index (χ4v) is 2.62. The van der Waals surface area contributed by atoms with Crippen LogP contribution in [0, 0.1) is 17.0 Å². The molecule has 0 spiro atoms. The Balaban J connectivity index is 2.12. The minimum atomic E-state index is -0.566. The van der Waals surface area contributed by atoms with Crippen molar-refractivity contribution in [2.45, 2.75) is 6.92 Å². The summed E-state index contributed by atoms with van der Waals surface area (Å²) >= 11 is 9.12. The fourth-order valence-electron chi connectivity index (χ4n) is 1.84. The predicted octanol–water partition coefficient (Wildman–Crippen LogP) is 4.97. The highest BCUT2D eigenvalue weighted by Crippen LogP contribution is 2.26. The van der Waals surface area contributed by atoms with E-state index < -0.39 is 4.92 Å². The van der Waals surface area contributed by atoms with Crippen molar-refractivity contribution in [3.63, 3.8) is 0 Å². The molecule has 0 radical (unpaired) electrons. The second-order valence-corrected chi connectivity index (χ2v) is 6.04. The fraction of sp³-hybridized carbons (Fsp3) is 0.0625. The molecule has 0 saturated heterocycles. The van der Waals surface area contributed by atoms with Gasteiger partial charge in [-0.25, -0.2) is 0 Å². The van der Waals surface area contributed by atoms with Crippen LogP contribution >= 0.6 is 27.5 Å². The Bertz CT molecular complexity index is 806. The number of nitrogens with zero attached hydrogens (tertiary/aromatic N) is 1. The topological polar surface area (TPSA) is 72.2 Å². The van der Waals surface area contributed by atoms with Crippen LogP contribution in [0.25, 0.3) is 6.08 Å². The largest absolute Gasteiger partial charge is 0.321 e. The Morgan fingerprint density at radius 1 is 1.30 bits per heavy atom. The van der Waals surface area contributed by atoms with Crippen LogP contribution in [-0.2, 0) is 4.79 Å². The number of halogens is 2. The summed E-state index contributed by atoms with van der Waals surface area (Å²) in [4.78, 5) is 22.2. The second kappa shape index (κ2) is 7.39. The first-order chi connectivity index (χ1) is 10.9. The van der Waals surface area contributed by atoms with E-state index in [1.54, 1.807) is 12.1 Å². The van der Waals surface area contributed by atoms with E-state index in [9.17, 15) is 14.9 Å². The van der Waals surface area contributed by atoms with Crippen molar-refractivity contribution in [1.29, 1.82) is 0 Å². The number of hydrogen-bond acceptors (Lipinski definition) is 3. The third-order valence-electron chi connectivity index (χ3n) is 2.98. The third kappa shape index (κ3) is 4.64. The molecule has 0 saturated carbocycles. The third-order valence-corrected chi connectivity index (χ3v) is 3.95. The number of carbonyl (C=O) groups is 1. The molecule has 0 fully saturated rings. The van der Waals surface area contributed by atoms with Crippen LogP contribution in [0.1, 0.15) is 11.1 Å². The van der Waals surface area contributed by atoms with Crippen molar-refractivity contribution in [3.8, 4) is 0 Å². The zero-order valence-corrected chi connectivity index (χ0v) is 14.4. The Labute approximate surface area is 146 Å². The molecule has 1 N–H and O–H groups in total. The molecule has 0 aromatic heterocycles. The number of benzene rings is 2. The minimum Gasteiger partial charge on any atom is -0.321 e. The lowest BCUT2D eigenvalue weighted by Crippen LogP contribution is -2.08. The average Bonchev–Trinajstić information content (AvgIpc) is 2.49. The van der Waals surface area contributed by atoms with Gasteiger partial charge < -0.3 is 5.32 Å². The van der Waals surface area contributed by atoms with Crippen LogP contribution < -0.4 is 5.32 Å². The van der Waals surface area contributed by atoms with Crippen molar-refractivity contribution in [2.24, 2.45) is 0 Å². The lowest BCUT2D eigenvalue weighted by Gasteiger charge is -2.05. The number of rotatable bonds is 4. The number of aryl methyl sites for hydroxylation is 1. The van der Waals surface area contributed by atoms with E-state index in [0.717, 1.165) is 10.0 Å². The summed E-state index contributed by atoms with van der Waals surface area (Å²) in [6.45, 7) is 1.95. The minimum absolute atomic E-state index is 0.0557. The van der Waals surface area contributed by atoms with Crippen LogP contribution in [0.2, 0.25) is 5.02 Å². The lowest BCUT2D eigenvalue weighted by molar-refractivity contribution is -0.384. The van der Waals surface area contributed by atoms with Crippen LogP contribution in [0.5, 0.6) is 0 Å². The Morgan fingerprint density at radius 3 is 2.70 bits per heavy atom. The van der Waals surface area contributed by atoms with Crippen LogP contribution in [0.3, 0.4) is 0 Å². The number of carbonyl (C=O) groups excluding carboxylic acids is 1. The molecule has 0 unspecified atom stereocenters. The number of nitro groups is 1. The molecule has 1 amide bonds. The molecule has 0 aliphatic heterocycles. The monoisotopic (exact) mass is 394 g/mol. The quantitative estimate of drug-likeness (QED) is 0.451. The Kier molecular flexibility index (Phi) is 5.52. The van der Waals surface area contributed by atoms with E-state index in [-0.39, 0.29) is 16.6 Å². The normalized spacial score (nSPS) is 10.7. The summed E-state index contributed by atoms with van der Waals surface area (Å²) in [7, 11) is 0. The molecule has 0 heterocycles. The number of nitrogens with one attached hydrogen (secondary N) is 1. The standard InChI is InChI=1S/C16H12BrClN2O3/c1-10-2-6-14(12(17)8-10)19-16(21)7-4-11-3-5-13(18)15(9-11)20(22)23/h2-9H,1H3,(H,19,21)/b7-4+. The molecule has 0 bridgehead atoms. The predicted molar refractivity (Wildman–Crippen MR) is 94.6 cm³/mol. The van der Waals surface area contributed by atoms with Gasteiger partial charge in [-0.1, -0.05) is 23.7 Å². The van der Waals surface area contributed by atoms with Crippen molar-refractivity contribution < 1.29 is 9.72 Å². The van der Waals surface area contributed by atoms with Gasteiger partial charge >= 0.3 is 0 Å². The van der Waals surface area contributed by atoms with Crippen molar-refractivity contribution in [3.05, 3.63) is 73.2 Å². The molecule has 2 rings (SSSR count). The lowest BCUT2D eigenvalue weighted by atomic mass is 10.2. The molecule has 7 heteroatoms. The summed E-state index contributed by atoms with van der Waals surface area (Å²) in [6.07, 6.45) is 2.79. The highest BCUT2D eigenvalue weighted by atomic mass is 79.9. The number of hydrogen-bond donors (Lipinski definition) is 1. The molecule has 2 aromatic rings. The summed E-state index contributed by atoms with van der Waals surface area (Å²) in [5.41, 5.74) is 2.03. The SMILES string of the molecule is Cc1ccc(NC(=O)/C=C/c2ccc(Cl)c([N+](=O)[O-])c2)c(Br)c1. The first-order valence-corrected chi connectivity index (χ1v) is 7.73. The molecule has 5 nitrogen and oxygen atoms in total. The average molecular weight is 396 g/mol. The van der Waals surface area contributed by atoms with Crippen molar-refractivity contribution in [1.82, 2.24) is 0 Å². The van der Waals surface area contributed by atoms with E-state index in [1.165, 1.54) is 24.3 Å². The van der Waals surface area contributed by atoms with Gasteiger partial charge in [0.15, 0.2) is 0 Å². The summed E-state index contributed by atoms with van der Waals surface area (Å²) in [6, 6.07) is 9.90. The maximum atomic E-state index is 11.9. The first kappa shape index (κ1) is 17.2. The van der Waals surface area contributed by atoms with Gasteiger partial charge in [0, 0.05) is 16.6 Å². The number of anilines is 1. The second-order valence-electron chi connectivity index (χ2n) is 4.77. The van der Waals surface area contributed by atoms with Crippen LogP contribution in [0.15, 0.2) is 46.9 Å². The van der Waals surface area contributed by atoms with Gasteiger partial charge in [-0.3, -0.25) is 14.9 Å². The molecule has 0 atom stereocenters. The highest BCUT2D eigenvalue weighted by molar-refractivity contribution is 9.10. The Hall–Kier alpha value is -2.18. The van der Waals surface area contributed by atoms with Crippen LogP contribution in [-0.4, -0.2) is 10.8 Å². The molecule has 0 aliphatic rings. The number of nitro benzene ring substituents is 1.